The number of hydrogen-bond donors (Lipinski definition) is 2. The number of hydrogen-bond acceptors (Lipinski definition) is 8. The number of likely N-dealkylation sites (tertiary alicyclic amines) is 1. The molecule has 1 unspecified atom stereocenters. The van der Waals surface area contributed by atoms with Gasteiger partial charge in [0.2, 0.25) is 5.91 Å². The van der Waals surface area contributed by atoms with Gasteiger partial charge in [-0.3, -0.25) is 9.59 Å². The summed E-state index contributed by atoms with van der Waals surface area (Å²) in [5.74, 6) is -3.61. The van der Waals surface area contributed by atoms with E-state index in [1.165, 1.54) is 30.3 Å². The van der Waals surface area contributed by atoms with Gasteiger partial charge >= 0.3 is 12.1 Å². The van der Waals surface area contributed by atoms with Gasteiger partial charge in [0.1, 0.15) is 11.5 Å². The first-order chi connectivity index (χ1) is 22.2. The van der Waals surface area contributed by atoms with Crippen molar-refractivity contribution in [2.45, 2.75) is 89.3 Å². The first kappa shape index (κ1) is 34.1. The SMILES string of the molecule is C[C@@H]1CC(N2CCCC/C2=C2/NC(=O)C[C@@](C)(c3cccc(N(OC(=O)C(F)(F)F)C(=O)c4cccc(C#N)c4)c3Cl)N2)C[C@H](C)O1. The second-order valence-electron chi connectivity index (χ2n) is 12.3. The van der Waals surface area contributed by atoms with Crippen LogP contribution < -0.4 is 15.7 Å². The summed E-state index contributed by atoms with van der Waals surface area (Å²) in [5.41, 5.74) is -0.468. The Bertz CT molecular complexity index is 1630. The highest BCUT2D eigenvalue weighted by atomic mass is 35.5. The van der Waals surface area contributed by atoms with Crippen LogP contribution in [0.15, 0.2) is 54.0 Å². The first-order valence-electron chi connectivity index (χ1n) is 15.4. The van der Waals surface area contributed by atoms with Gasteiger partial charge in [0.05, 0.1) is 46.5 Å². The van der Waals surface area contributed by atoms with E-state index in [9.17, 15) is 32.8 Å². The Labute approximate surface area is 275 Å². The number of anilines is 1. The van der Waals surface area contributed by atoms with Crippen LogP contribution in [0.3, 0.4) is 0 Å². The predicted molar refractivity (Wildman–Crippen MR) is 165 cm³/mol. The van der Waals surface area contributed by atoms with E-state index in [1.54, 1.807) is 13.0 Å². The third-order valence-electron chi connectivity index (χ3n) is 8.61. The van der Waals surface area contributed by atoms with Crippen LogP contribution in [-0.4, -0.2) is 53.7 Å². The molecule has 2 N–H and O–H groups in total. The quantitative estimate of drug-likeness (QED) is 0.390. The smallest absolute Gasteiger partial charge is 0.375 e. The van der Waals surface area contributed by atoms with E-state index < -0.39 is 23.6 Å². The molecule has 2 aromatic carbocycles. The minimum absolute atomic E-state index is 0.0599. The van der Waals surface area contributed by atoms with E-state index in [4.69, 9.17) is 16.3 Å². The van der Waals surface area contributed by atoms with Crippen molar-refractivity contribution in [3.05, 3.63) is 75.7 Å². The molecule has 3 heterocycles. The van der Waals surface area contributed by atoms with Gasteiger partial charge in [-0.15, -0.1) is 5.06 Å². The Morgan fingerprint density at radius 2 is 1.85 bits per heavy atom. The number of nitrogens with zero attached hydrogens (tertiary/aromatic N) is 3. The second-order valence-corrected chi connectivity index (χ2v) is 12.7. The Balaban J connectivity index is 1.54. The van der Waals surface area contributed by atoms with E-state index in [2.05, 4.69) is 20.4 Å². The fraction of sp³-hybridized carbons (Fsp3) is 0.455. The summed E-state index contributed by atoms with van der Waals surface area (Å²) in [4.78, 5) is 45.8. The molecule has 47 heavy (non-hydrogen) atoms. The Kier molecular flexibility index (Phi) is 9.75. The minimum atomic E-state index is -5.43. The number of allylic oxidation sites excluding steroid dienone is 1. The van der Waals surface area contributed by atoms with E-state index >= 15 is 0 Å². The number of halogens is 4. The Morgan fingerprint density at radius 1 is 1.15 bits per heavy atom. The summed E-state index contributed by atoms with van der Waals surface area (Å²) >= 11 is 6.85. The number of carbonyl (C=O) groups is 3. The van der Waals surface area contributed by atoms with Crippen molar-refractivity contribution in [1.82, 2.24) is 15.5 Å². The molecule has 0 saturated carbocycles. The molecule has 2 amide bonds. The number of nitriles is 1. The van der Waals surface area contributed by atoms with Crippen molar-refractivity contribution in [3.63, 3.8) is 0 Å². The average molecular weight is 674 g/mol. The number of hydroxylamine groups is 1. The van der Waals surface area contributed by atoms with E-state index in [-0.39, 0.29) is 63.0 Å². The Morgan fingerprint density at radius 3 is 2.53 bits per heavy atom. The van der Waals surface area contributed by atoms with Gasteiger partial charge in [-0.25, -0.2) is 4.79 Å². The number of ether oxygens (including phenoxy) is 1. The molecule has 5 rings (SSSR count). The molecule has 3 fully saturated rings. The highest BCUT2D eigenvalue weighted by Crippen LogP contribution is 2.41. The van der Waals surface area contributed by atoms with Crippen LogP contribution in [0.1, 0.15) is 80.8 Å². The molecular weight excluding hydrogens is 639 g/mol. The highest BCUT2D eigenvalue weighted by molar-refractivity contribution is 6.35. The van der Waals surface area contributed by atoms with E-state index in [0.717, 1.165) is 44.0 Å². The fourth-order valence-electron chi connectivity index (χ4n) is 6.59. The summed E-state index contributed by atoms with van der Waals surface area (Å²) in [7, 11) is 0. The first-order valence-corrected chi connectivity index (χ1v) is 15.7. The number of nitrogens with one attached hydrogen (secondary N) is 2. The lowest BCUT2D eigenvalue weighted by molar-refractivity contribution is -0.199. The topological polar surface area (TPSA) is 124 Å². The van der Waals surface area contributed by atoms with Crippen molar-refractivity contribution in [1.29, 1.82) is 5.26 Å². The molecule has 4 atom stereocenters. The summed E-state index contributed by atoms with van der Waals surface area (Å²) in [6, 6.07) is 11.5. The van der Waals surface area contributed by atoms with Gasteiger partial charge < -0.3 is 25.1 Å². The number of piperidine rings is 1. The van der Waals surface area contributed by atoms with Crippen molar-refractivity contribution in [3.8, 4) is 6.07 Å². The average Bonchev–Trinajstić information content (AvgIpc) is 3.02. The predicted octanol–water partition coefficient (Wildman–Crippen LogP) is 5.81. The standard InChI is InChI=1S/C33H35ClF3N5O5/c1-19-14-23(15-20(2)46-19)41-13-5-4-11-26(41)29-39-27(43)17-32(3,40-29)24-10-7-12-25(28(24)34)42(47-31(45)33(35,36)37)30(44)22-9-6-8-21(16-22)18-38/h6-10,12,16,19-20,23,40H,4-5,11,13-15,17H2,1-3H3,(H,39,43)/b29-26+/t19-,20+,23?,32-/m0/s1. The van der Waals surface area contributed by atoms with Crippen LogP contribution in [0.25, 0.3) is 0 Å². The number of benzene rings is 2. The molecule has 3 saturated heterocycles. The second kappa shape index (κ2) is 13.4. The van der Waals surface area contributed by atoms with Gasteiger partial charge in [-0.1, -0.05) is 29.8 Å². The van der Waals surface area contributed by atoms with E-state index in [1.807, 2.05) is 19.9 Å². The number of carbonyl (C=O) groups excluding carboxylic acids is 3. The molecule has 14 heteroatoms. The van der Waals surface area contributed by atoms with Gasteiger partial charge in [0, 0.05) is 18.2 Å². The molecule has 0 aromatic heterocycles. The van der Waals surface area contributed by atoms with Crippen LogP contribution >= 0.6 is 11.6 Å². The molecule has 0 spiro atoms. The van der Waals surface area contributed by atoms with Gasteiger partial charge in [-0.05, 0) is 82.7 Å². The lowest BCUT2D eigenvalue weighted by atomic mass is 9.85. The van der Waals surface area contributed by atoms with Crippen LogP contribution in [0.2, 0.25) is 5.02 Å². The van der Waals surface area contributed by atoms with Crippen molar-refractivity contribution >= 4 is 35.1 Å². The van der Waals surface area contributed by atoms with E-state index in [0.29, 0.717) is 12.2 Å². The molecule has 3 aliphatic rings. The summed E-state index contributed by atoms with van der Waals surface area (Å²) in [6.07, 6.45) is -1.08. The monoisotopic (exact) mass is 673 g/mol. The summed E-state index contributed by atoms with van der Waals surface area (Å²) in [5, 5.41) is 15.7. The molecule has 0 bridgehead atoms. The van der Waals surface area contributed by atoms with Crippen molar-refractivity contribution in [2.75, 3.05) is 11.6 Å². The van der Waals surface area contributed by atoms with Crippen molar-refractivity contribution < 1.29 is 37.1 Å². The van der Waals surface area contributed by atoms with Crippen LogP contribution in [-0.2, 0) is 24.7 Å². The largest absolute Gasteiger partial charge is 0.493 e. The number of amides is 2. The maximum Gasteiger partial charge on any atom is 0.493 e. The van der Waals surface area contributed by atoms with Gasteiger partial charge in [-0.2, -0.15) is 18.4 Å². The zero-order chi connectivity index (χ0) is 34.1. The van der Waals surface area contributed by atoms with Crippen molar-refractivity contribution in [2.24, 2.45) is 0 Å². The summed E-state index contributed by atoms with van der Waals surface area (Å²) in [6.45, 7) is 6.63. The summed E-state index contributed by atoms with van der Waals surface area (Å²) < 4.78 is 46.0. The fourth-order valence-corrected chi connectivity index (χ4v) is 7.00. The lowest BCUT2D eigenvalue weighted by Gasteiger charge is -2.46. The highest BCUT2D eigenvalue weighted by Gasteiger charge is 2.45. The van der Waals surface area contributed by atoms with Gasteiger partial charge in [0.15, 0.2) is 0 Å². The normalized spacial score (nSPS) is 26.5. The third kappa shape index (κ3) is 7.34. The van der Waals surface area contributed by atoms with Crippen LogP contribution in [0.4, 0.5) is 18.9 Å². The molecule has 10 nitrogen and oxygen atoms in total. The molecule has 250 valence electrons. The number of alkyl halides is 3. The minimum Gasteiger partial charge on any atom is -0.375 e. The molecule has 2 aromatic rings. The van der Waals surface area contributed by atoms with Gasteiger partial charge in [0.25, 0.3) is 5.91 Å². The molecule has 0 aliphatic carbocycles. The maximum absolute atomic E-state index is 13.6. The molecular formula is C33H35ClF3N5O5. The molecule has 3 aliphatic heterocycles. The third-order valence-corrected chi connectivity index (χ3v) is 9.01. The molecule has 0 radical (unpaired) electrons. The number of rotatable bonds is 4. The maximum atomic E-state index is 13.6. The van der Waals surface area contributed by atoms with Crippen LogP contribution in [0, 0.1) is 11.3 Å². The zero-order valence-corrected chi connectivity index (χ0v) is 26.9. The Hall–Kier alpha value is -4.28. The lowest BCUT2D eigenvalue weighted by Crippen LogP contribution is -2.55. The zero-order valence-electron chi connectivity index (χ0n) is 26.1. The van der Waals surface area contributed by atoms with Crippen LogP contribution in [0.5, 0.6) is 0 Å².